The fraction of sp³-hybridized carbons (Fsp3) is 0.429. The molecule has 1 fully saturated rings. The van der Waals surface area contributed by atoms with Crippen molar-refractivity contribution in [2.24, 2.45) is 17.8 Å². The maximum absolute atomic E-state index is 13.2. The molecule has 0 amide bonds. The number of nitrogens with zero attached hydrogens (tertiary/aromatic N) is 5. The number of rotatable bonds is 3. The van der Waals surface area contributed by atoms with Crippen molar-refractivity contribution in [1.29, 1.82) is 0 Å². The number of aryl methyl sites for hydroxylation is 1. The van der Waals surface area contributed by atoms with E-state index in [1.165, 1.54) is 9.13 Å². The fourth-order valence-corrected chi connectivity index (χ4v) is 4.20. The average molecular weight is 423 g/mol. The molecule has 3 aromatic rings. The second-order valence-corrected chi connectivity index (χ2v) is 8.08. The minimum Gasteiger partial charge on any atom is -0.491 e. The number of piperidine rings is 1. The molecule has 2 aliphatic heterocycles. The molecule has 5 rings (SSSR count). The standard InChI is InChI=1S/C21H25N7O3/c1-26-18-17(24-20(25-18)27-9-4-5-13(22)11-27)19(29)28(21(26)30)12-14-8-10-31-16-7-3-2-6-15(16)23-14/h2-3,6-7,13H,4-5,8-12,22H2,1H3,(H,24,25). The van der Waals surface area contributed by atoms with Crippen LogP contribution in [0.1, 0.15) is 19.3 Å². The van der Waals surface area contributed by atoms with Crippen LogP contribution >= 0.6 is 0 Å². The first-order valence-electron chi connectivity index (χ1n) is 10.5. The van der Waals surface area contributed by atoms with Crippen LogP contribution in [-0.4, -0.2) is 50.6 Å². The molecule has 0 bridgehead atoms. The van der Waals surface area contributed by atoms with E-state index in [0.29, 0.717) is 53.8 Å². The lowest BCUT2D eigenvalue weighted by Crippen LogP contribution is -2.43. The van der Waals surface area contributed by atoms with Crippen molar-refractivity contribution in [3.63, 3.8) is 0 Å². The number of benzene rings is 1. The van der Waals surface area contributed by atoms with Crippen LogP contribution in [0.3, 0.4) is 0 Å². The summed E-state index contributed by atoms with van der Waals surface area (Å²) in [4.78, 5) is 40.6. The summed E-state index contributed by atoms with van der Waals surface area (Å²) in [6, 6.07) is 7.55. The number of aromatic amines is 1. The van der Waals surface area contributed by atoms with Crippen LogP contribution < -0.4 is 26.6 Å². The summed E-state index contributed by atoms with van der Waals surface area (Å²) >= 11 is 0. The molecule has 162 valence electrons. The summed E-state index contributed by atoms with van der Waals surface area (Å²) in [5, 5.41) is 0. The van der Waals surface area contributed by atoms with E-state index in [1.54, 1.807) is 7.05 Å². The number of aliphatic imine (C=N–C) groups is 1. The summed E-state index contributed by atoms with van der Waals surface area (Å²) in [7, 11) is 1.63. The van der Waals surface area contributed by atoms with Crippen molar-refractivity contribution < 1.29 is 4.74 Å². The predicted molar refractivity (Wildman–Crippen MR) is 119 cm³/mol. The molecule has 2 aromatic heterocycles. The van der Waals surface area contributed by atoms with Crippen LogP contribution in [0.2, 0.25) is 0 Å². The van der Waals surface area contributed by atoms with Crippen molar-refractivity contribution >= 4 is 28.5 Å². The van der Waals surface area contributed by atoms with Crippen LogP contribution in [-0.2, 0) is 13.6 Å². The maximum atomic E-state index is 13.2. The summed E-state index contributed by atoms with van der Waals surface area (Å²) in [5.41, 5.74) is 7.33. The molecule has 1 aromatic carbocycles. The molecular formula is C21H25N7O3. The molecule has 0 radical (unpaired) electrons. The zero-order valence-corrected chi connectivity index (χ0v) is 17.4. The van der Waals surface area contributed by atoms with E-state index in [0.717, 1.165) is 19.4 Å². The Morgan fingerprint density at radius 2 is 2.13 bits per heavy atom. The number of fused-ring (bicyclic) bond motifs is 2. The summed E-state index contributed by atoms with van der Waals surface area (Å²) in [5.74, 6) is 1.27. The van der Waals surface area contributed by atoms with Gasteiger partial charge in [-0.3, -0.25) is 18.9 Å². The van der Waals surface area contributed by atoms with Crippen LogP contribution in [0, 0.1) is 0 Å². The van der Waals surface area contributed by atoms with Crippen molar-refractivity contribution in [1.82, 2.24) is 19.1 Å². The second kappa shape index (κ2) is 7.69. The predicted octanol–water partition coefficient (Wildman–Crippen LogP) is 0.906. The topological polar surface area (TPSA) is 124 Å². The van der Waals surface area contributed by atoms with Gasteiger partial charge in [-0.15, -0.1) is 0 Å². The lowest BCUT2D eigenvalue weighted by molar-refractivity contribution is 0.332. The smallest absolute Gasteiger partial charge is 0.332 e. The Labute approximate surface area is 178 Å². The normalized spacial score (nSPS) is 19.0. The van der Waals surface area contributed by atoms with E-state index in [4.69, 9.17) is 10.5 Å². The van der Waals surface area contributed by atoms with Gasteiger partial charge in [-0.25, -0.2) is 4.79 Å². The zero-order valence-electron chi connectivity index (χ0n) is 17.4. The molecule has 10 heteroatoms. The van der Waals surface area contributed by atoms with Gasteiger partial charge in [-0.1, -0.05) is 12.1 Å². The molecule has 1 unspecified atom stereocenters. The molecule has 1 saturated heterocycles. The number of nitrogens with one attached hydrogen (secondary N) is 1. The largest absolute Gasteiger partial charge is 0.491 e. The van der Waals surface area contributed by atoms with Crippen LogP contribution in [0.15, 0.2) is 38.8 Å². The highest BCUT2D eigenvalue weighted by Gasteiger charge is 2.23. The van der Waals surface area contributed by atoms with Gasteiger partial charge in [-0.2, -0.15) is 4.98 Å². The average Bonchev–Trinajstić information content (AvgIpc) is 3.12. The number of anilines is 1. The van der Waals surface area contributed by atoms with Crippen molar-refractivity contribution in [2.45, 2.75) is 31.8 Å². The Balaban J connectivity index is 1.55. The first-order chi connectivity index (χ1) is 15.0. The molecule has 31 heavy (non-hydrogen) atoms. The van der Waals surface area contributed by atoms with E-state index in [9.17, 15) is 9.59 Å². The third kappa shape index (κ3) is 3.52. The van der Waals surface area contributed by atoms with Gasteiger partial charge in [0, 0.05) is 38.3 Å². The van der Waals surface area contributed by atoms with Gasteiger partial charge >= 0.3 is 5.69 Å². The van der Waals surface area contributed by atoms with E-state index in [1.807, 2.05) is 29.2 Å². The Kier molecular flexibility index (Phi) is 4.85. The van der Waals surface area contributed by atoms with Gasteiger partial charge in [0.2, 0.25) is 5.95 Å². The number of para-hydroxylation sites is 2. The highest BCUT2D eigenvalue weighted by molar-refractivity contribution is 5.88. The zero-order chi connectivity index (χ0) is 21.5. The quantitative estimate of drug-likeness (QED) is 0.645. The van der Waals surface area contributed by atoms with E-state index < -0.39 is 11.2 Å². The highest BCUT2D eigenvalue weighted by Crippen LogP contribution is 2.29. The Morgan fingerprint density at radius 1 is 1.29 bits per heavy atom. The summed E-state index contributed by atoms with van der Waals surface area (Å²) < 4.78 is 8.35. The first-order valence-corrected chi connectivity index (χ1v) is 10.5. The number of hydrogen-bond donors (Lipinski definition) is 2. The molecule has 1 atom stereocenters. The van der Waals surface area contributed by atoms with Gasteiger partial charge in [0.1, 0.15) is 11.4 Å². The summed E-state index contributed by atoms with van der Waals surface area (Å²) in [6.45, 7) is 2.02. The van der Waals surface area contributed by atoms with Gasteiger partial charge in [-0.05, 0) is 25.0 Å². The monoisotopic (exact) mass is 423 g/mol. The molecule has 0 aliphatic carbocycles. The van der Waals surface area contributed by atoms with E-state index in [-0.39, 0.29) is 12.6 Å². The number of hydrogen-bond acceptors (Lipinski definition) is 7. The third-order valence-corrected chi connectivity index (χ3v) is 5.86. The molecular weight excluding hydrogens is 398 g/mol. The Morgan fingerprint density at radius 3 is 2.97 bits per heavy atom. The Bertz CT molecular complexity index is 1290. The van der Waals surface area contributed by atoms with E-state index in [2.05, 4.69) is 15.0 Å². The van der Waals surface area contributed by atoms with Crippen LogP contribution in [0.5, 0.6) is 5.75 Å². The van der Waals surface area contributed by atoms with Crippen molar-refractivity contribution in [2.75, 3.05) is 24.6 Å². The molecule has 10 nitrogen and oxygen atoms in total. The van der Waals surface area contributed by atoms with Crippen molar-refractivity contribution in [3.05, 3.63) is 45.1 Å². The number of H-pyrrole nitrogens is 1. The minimum absolute atomic E-state index is 0.0702. The number of nitrogens with two attached hydrogens (primary N) is 1. The van der Waals surface area contributed by atoms with Crippen LogP contribution in [0.25, 0.3) is 11.2 Å². The third-order valence-electron chi connectivity index (χ3n) is 5.86. The van der Waals surface area contributed by atoms with Crippen molar-refractivity contribution in [3.8, 4) is 5.75 Å². The fourth-order valence-electron chi connectivity index (χ4n) is 4.20. The molecule has 0 spiro atoms. The van der Waals surface area contributed by atoms with E-state index >= 15 is 0 Å². The first kappa shape index (κ1) is 19.6. The van der Waals surface area contributed by atoms with Gasteiger partial charge in [0.05, 0.1) is 13.2 Å². The van der Waals surface area contributed by atoms with Gasteiger partial charge in [0.25, 0.3) is 5.56 Å². The lowest BCUT2D eigenvalue weighted by Gasteiger charge is -2.30. The number of imidazole rings is 1. The second-order valence-electron chi connectivity index (χ2n) is 8.08. The van der Waals surface area contributed by atoms with Crippen LogP contribution in [0.4, 0.5) is 11.6 Å². The highest BCUT2D eigenvalue weighted by atomic mass is 16.5. The summed E-state index contributed by atoms with van der Waals surface area (Å²) in [6.07, 6.45) is 2.46. The van der Waals surface area contributed by atoms with Gasteiger partial charge in [0.15, 0.2) is 11.2 Å². The number of aromatic nitrogens is 4. The molecule has 3 N–H and O–H groups in total. The molecule has 2 aliphatic rings. The molecule has 4 heterocycles. The number of ether oxygens (including phenoxy) is 1. The maximum Gasteiger partial charge on any atom is 0.332 e. The Hall–Kier alpha value is -3.40. The van der Waals surface area contributed by atoms with Gasteiger partial charge < -0.3 is 20.4 Å². The minimum atomic E-state index is -0.424. The molecule has 0 saturated carbocycles. The SMILES string of the molecule is Cn1c(=O)n(CC2=Nc3ccccc3OCC2)c(=O)c2[nH]c(N3CCCC(N)C3)nc21. The lowest BCUT2D eigenvalue weighted by atomic mass is 10.1.